The predicted octanol–water partition coefficient (Wildman–Crippen LogP) is -2.84. The van der Waals surface area contributed by atoms with Crippen molar-refractivity contribution in [2.45, 2.75) is 0 Å². The van der Waals surface area contributed by atoms with E-state index < -0.39 is 16.4 Å². The molecule has 0 aromatic rings. The zero-order valence-electron chi connectivity index (χ0n) is 6.06. The molecular formula is C4H9FeN2O4. The molecule has 8 N–H and O–H groups in total. The number of hydrogen-bond acceptors (Lipinski definition) is 4. The van der Waals surface area contributed by atoms with E-state index in [9.17, 15) is 19.8 Å². The minimum Gasteiger partial charge on any atom is -0.369 e. The van der Waals surface area contributed by atoms with Crippen molar-refractivity contribution in [2.24, 2.45) is 0 Å². The fourth-order valence-electron chi connectivity index (χ4n) is 0.160. The Morgan fingerprint density at radius 2 is 1.55 bits per heavy atom. The van der Waals surface area contributed by atoms with Gasteiger partial charge in [-0.15, -0.1) is 0 Å². The van der Waals surface area contributed by atoms with Gasteiger partial charge >= 0.3 is 58.2 Å². The summed E-state index contributed by atoms with van der Waals surface area (Å²) in [7, 11) is 0. The first-order valence-corrected chi connectivity index (χ1v) is 2.37. The van der Waals surface area contributed by atoms with Gasteiger partial charge in [-0.1, -0.05) is 0 Å². The summed E-state index contributed by atoms with van der Waals surface area (Å²) in [6, 6.07) is 0. The van der Waals surface area contributed by atoms with Crippen molar-refractivity contribution < 1.29 is 35.4 Å². The second kappa shape index (κ2) is 7.23. The smallest absolute Gasteiger partial charge is 0.369 e. The number of carbonyl (C=O) groups is 2. The van der Waals surface area contributed by atoms with E-state index in [0.29, 0.717) is 6.42 Å². The summed E-state index contributed by atoms with van der Waals surface area (Å²) in [4.78, 5) is 19.3. The van der Waals surface area contributed by atoms with Gasteiger partial charge in [0.05, 0.1) is 0 Å². The summed E-state index contributed by atoms with van der Waals surface area (Å²) < 4.78 is -0.602. The van der Waals surface area contributed by atoms with Crippen LogP contribution in [0.2, 0.25) is 0 Å². The van der Waals surface area contributed by atoms with Crippen molar-refractivity contribution >= 4 is 16.4 Å². The van der Waals surface area contributed by atoms with Crippen LogP contribution in [0.3, 0.4) is 0 Å². The molecule has 11 heavy (non-hydrogen) atoms. The maximum Gasteiger partial charge on any atom is -0.369 e. The van der Waals surface area contributed by atoms with Gasteiger partial charge in [0.15, 0.2) is 0 Å². The second-order valence-electron chi connectivity index (χ2n) is 1.09. The molecule has 0 radical (unpaired) electrons. The predicted molar refractivity (Wildman–Crippen MR) is 31.3 cm³/mol. The fraction of sp³-hybridized carbons (Fsp3) is 0. The molecule has 0 fully saturated rings. The van der Waals surface area contributed by atoms with Crippen LogP contribution in [0.5, 0.6) is 0 Å². The van der Waals surface area contributed by atoms with Gasteiger partial charge in [-0.2, -0.15) is 0 Å². The Kier molecular flexibility index (Phi) is 10.9. The van der Waals surface area contributed by atoms with Crippen LogP contribution in [-0.2, 0) is 25.2 Å². The number of hydrogen-bond donors (Lipinski definition) is 2. The van der Waals surface area contributed by atoms with Gasteiger partial charge in [-0.3, -0.25) is 0 Å². The maximum atomic E-state index is 9.70. The molecule has 0 amide bonds. The third-order valence-corrected chi connectivity index (χ3v) is 0.816. The first-order valence-electron chi connectivity index (χ1n) is 1.82. The average molecular weight is 205 g/mol. The molecule has 0 atom stereocenters. The third-order valence-electron chi connectivity index (χ3n) is 0.431. The van der Waals surface area contributed by atoms with Crippen LogP contribution in [0.1, 0.15) is 0 Å². The summed E-state index contributed by atoms with van der Waals surface area (Å²) in [5, 5.41) is 19.3. The molecule has 0 aromatic carbocycles. The Morgan fingerprint density at radius 1 is 1.18 bits per heavy atom. The molecule has 67 valence electrons. The van der Waals surface area contributed by atoms with E-state index >= 15 is 0 Å². The molecule has 0 aromatic heterocycles. The van der Waals surface area contributed by atoms with Gasteiger partial charge in [0.2, 0.25) is 0 Å². The molecule has 0 bridgehead atoms. The molecule has 0 saturated heterocycles. The zero-order valence-corrected chi connectivity index (χ0v) is 7.17. The van der Waals surface area contributed by atoms with Crippen LogP contribution in [0.15, 0.2) is 0 Å². The third kappa shape index (κ3) is 9.12. The van der Waals surface area contributed by atoms with Crippen LogP contribution in [-0.4, -0.2) is 16.4 Å². The number of rotatable bonds is 3. The van der Waals surface area contributed by atoms with Crippen LogP contribution < -0.4 is 22.5 Å². The molecule has 0 saturated carbocycles. The number of carboxylic acid groups (broad SMARTS) is 2. The molecule has 0 unspecified atom stereocenters. The molecule has 0 spiro atoms. The maximum absolute atomic E-state index is 9.70. The van der Waals surface area contributed by atoms with E-state index in [1.807, 2.05) is 0 Å². The van der Waals surface area contributed by atoms with Gasteiger partial charge in [0.25, 0.3) is 0 Å². The van der Waals surface area contributed by atoms with E-state index in [0.717, 1.165) is 0 Å². The minimum absolute atomic E-state index is 0. The summed E-state index contributed by atoms with van der Waals surface area (Å²) in [5.74, 6) is -3.21. The van der Waals surface area contributed by atoms with Gasteiger partial charge < -0.3 is 12.3 Å². The Balaban J connectivity index is -0.000000320. The first kappa shape index (κ1) is 16.6. The quantitative estimate of drug-likeness (QED) is 0.376. The summed E-state index contributed by atoms with van der Waals surface area (Å²) >= 11 is 2.86. The number of aliphatic carboxylic acids is 2. The Morgan fingerprint density at radius 3 is 1.64 bits per heavy atom. The van der Waals surface area contributed by atoms with Crippen molar-refractivity contribution in [3.63, 3.8) is 0 Å². The molecule has 0 aliphatic heterocycles. The molecule has 0 heterocycles. The van der Waals surface area contributed by atoms with Crippen molar-refractivity contribution in [1.82, 2.24) is 12.3 Å². The van der Waals surface area contributed by atoms with Crippen molar-refractivity contribution in [3.8, 4) is 0 Å². The van der Waals surface area contributed by atoms with Crippen LogP contribution in [0.25, 0.3) is 0 Å². The Bertz CT molecular complexity index is 169. The SMILES string of the molecule is O=C([O-])[CH-][C](=[Fe+])C(=O)[O-].[NH4+].[NH4+]. The molecule has 6 nitrogen and oxygen atoms in total. The topological polar surface area (TPSA) is 153 Å². The van der Waals surface area contributed by atoms with E-state index in [2.05, 4.69) is 15.6 Å². The standard InChI is InChI=1S/C4H3O4.Fe.2H3N/c5-3(6)1-2-4(7)8;;;/h1H,(H,5,6)(H,7,8);;2*1H3/q-1;+1;;. The molecule has 7 heteroatoms. The minimum atomic E-state index is -1.61. The monoisotopic (exact) mass is 205 g/mol. The van der Waals surface area contributed by atoms with Crippen molar-refractivity contribution in [1.29, 1.82) is 0 Å². The second-order valence-corrected chi connectivity index (χ2v) is 1.68. The van der Waals surface area contributed by atoms with E-state index in [1.165, 1.54) is 0 Å². The number of carbonyl (C=O) groups excluding carboxylic acids is 2. The van der Waals surface area contributed by atoms with Crippen LogP contribution in [0.4, 0.5) is 0 Å². The first-order chi connectivity index (χ1) is 4.04. The normalized spacial score (nSPS) is 6.55. The van der Waals surface area contributed by atoms with E-state index in [4.69, 9.17) is 0 Å². The number of quaternary nitrogens is 2. The van der Waals surface area contributed by atoms with Crippen LogP contribution >= 0.6 is 0 Å². The van der Waals surface area contributed by atoms with Gasteiger partial charge in [0, 0.05) is 0 Å². The average Bonchev–Trinajstić information content (AvgIpc) is 1.63. The zero-order chi connectivity index (χ0) is 7.44. The summed E-state index contributed by atoms with van der Waals surface area (Å²) in [6.45, 7) is 0. The van der Waals surface area contributed by atoms with E-state index in [1.54, 1.807) is 0 Å². The van der Waals surface area contributed by atoms with Gasteiger partial charge in [-0.25, -0.2) is 0 Å². The van der Waals surface area contributed by atoms with Crippen molar-refractivity contribution in [3.05, 3.63) is 6.42 Å². The largest absolute Gasteiger partial charge is 0.369 e. The molecule has 0 aliphatic rings. The molecular weight excluding hydrogens is 196 g/mol. The fourth-order valence-corrected chi connectivity index (χ4v) is 0.290. The molecule has 0 rings (SSSR count). The van der Waals surface area contributed by atoms with E-state index in [-0.39, 0.29) is 12.3 Å². The number of carboxylic acids is 2. The van der Waals surface area contributed by atoms with Gasteiger partial charge in [-0.05, 0) is 0 Å². The Hall–Kier alpha value is -0.881. The molecule has 0 aliphatic carbocycles. The van der Waals surface area contributed by atoms with Crippen LogP contribution in [0, 0.1) is 6.42 Å². The summed E-state index contributed by atoms with van der Waals surface area (Å²) in [5.41, 5.74) is 0. The van der Waals surface area contributed by atoms with Gasteiger partial charge in [0.1, 0.15) is 0 Å². The Labute approximate surface area is 71.1 Å². The van der Waals surface area contributed by atoms with Crippen molar-refractivity contribution in [2.75, 3.05) is 0 Å². The summed E-state index contributed by atoms with van der Waals surface area (Å²) in [6.07, 6.45) is 0.356.